The predicted molar refractivity (Wildman–Crippen MR) is 57.0 cm³/mol. The van der Waals surface area contributed by atoms with Gasteiger partial charge in [0, 0.05) is 11.6 Å². The molecule has 0 aliphatic carbocycles. The lowest BCUT2D eigenvalue weighted by molar-refractivity contribution is 0.0922. The van der Waals surface area contributed by atoms with Crippen LogP contribution >= 0.6 is 0 Å². The molecular weight excluding hydrogens is 194 g/mol. The van der Waals surface area contributed by atoms with Crippen molar-refractivity contribution in [3.63, 3.8) is 0 Å². The first-order chi connectivity index (χ1) is 7.17. The fourth-order valence-corrected chi connectivity index (χ4v) is 1.10. The molecule has 4 heteroatoms. The van der Waals surface area contributed by atoms with Crippen LogP contribution in [0.1, 0.15) is 17.3 Å². The van der Waals surface area contributed by atoms with Gasteiger partial charge in [-0.1, -0.05) is 0 Å². The first kappa shape index (κ1) is 11.5. The zero-order valence-electron chi connectivity index (χ0n) is 8.86. The number of carbonyl (C=O) groups excluding carboxylic acids is 1. The molecule has 0 aliphatic rings. The maximum atomic E-state index is 11.6. The molecule has 0 heterocycles. The van der Waals surface area contributed by atoms with Crippen molar-refractivity contribution in [1.82, 2.24) is 5.32 Å². The molecule has 0 bridgehead atoms. The smallest absolute Gasteiger partial charge is 0.251 e. The predicted octanol–water partition coefficient (Wildman–Crippen LogP) is 0.806. The minimum atomic E-state index is -0.236. The van der Waals surface area contributed by atoms with Crippen molar-refractivity contribution in [2.45, 2.75) is 13.0 Å². The molecule has 1 aromatic carbocycles. The Morgan fingerprint density at radius 3 is 2.53 bits per heavy atom. The Morgan fingerprint density at radius 2 is 2.07 bits per heavy atom. The van der Waals surface area contributed by atoms with Gasteiger partial charge in [-0.05, 0) is 31.2 Å². The summed E-state index contributed by atoms with van der Waals surface area (Å²) in [6.45, 7) is 1.67. The van der Waals surface area contributed by atoms with Gasteiger partial charge in [-0.2, -0.15) is 0 Å². The lowest BCUT2D eigenvalue weighted by atomic mass is 10.2. The Kier molecular flexibility index (Phi) is 4.12. The molecule has 0 fully saturated rings. The molecule has 4 nitrogen and oxygen atoms in total. The molecule has 0 saturated heterocycles. The van der Waals surface area contributed by atoms with Gasteiger partial charge >= 0.3 is 0 Å². The summed E-state index contributed by atoms with van der Waals surface area (Å²) >= 11 is 0. The fraction of sp³-hybridized carbons (Fsp3) is 0.364. The summed E-state index contributed by atoms with van der Waals surface area (Å²) in [6, 6.07) is 6.56. The normalized spacial score (nSPS) is 11.9. The zero-order chi connectivity index (χ0) is 11.3. The maximum absolute atomic E-state index is 11.6. The molecule has 0 unspecified atom stereocenters. The molecule has 0 saturated carbocycles. The molecule has 1 amide bonds. The number of ether oxygens (including phenoxy) is 1. The second-order valence-corrected chi connectivity index (χ2v) is 3.29. The van der Waals surface area contributed by atoms with Crippen molar-refractivity contribution in [3.8, 4) is 5.75 Å². The largest absolute Gasteiger partial charge is 0.497 e. The minimum Gasteiger partial charge on any atom is -0.497 e. The molecule has 2 N–H and O–H groups in total. The van der Waals surface area contributed by atoms with Gasteiger partial charge in [-0.15, -0.1) is 0 Å². The molecule has 1 atom stereocenters. The standard InChI is InChI=1S/C11H15NO3/c1-8(7-13)12-11(14)9-3-5-10(15-2)6-4-9/h3-6,8,13H,7H2,1-2H3,(H,12,14)/t8-/m1/s1. The van der Waals surface area contributed by atoms with Crippen molar-refractivity contribution < 1.29 is 14.6 Å². The number of rotatable bonds is 4. The Hall–Kier alpha value is -1.55. The number of aliphatic hydroxyl groups excluding tert-OH is 1. The molecule has 15 heavy (non-hydrogen) atoms. The highest BCUT2D eigenvalue weighted by Gasteiger charge is 2.08. The Balaban J connectivity index is 2.66. The van der Waals surface area contributed by atoms with E-state index >= 15 is 0 Å². The molecule has 1 aromatic rings. The van der Waals surface area contributed by atoms with Crippen LogP contribution in [0, 0.1) is 0 Å². The topological polar surface area (TPSA) is 58.6 Å². The van der Waals surface area contributed by atoms with Crippen LogP contribution in [0.2, 0.25) is 0 Å². The minimum absolute atomic E-state index is 0.0676. The van der Waals surface area contributed by atoms with Gasteiger partial charge in [0.2, 0.25) is 0 Å². The van der Waals surface area contributed by atoms with Crippen LogP contribution in [0.4, 0.5) is 0 Å². The van der Waals surface area contributed by atoms with E-state index in [2.05, 4.69) is 5.32 Å². The summed E-state index contributed by atoms with van der Waals surface area (Å²) < 4.78 is 4.98. The number of amides is 1. The summed E-state index contributed by atoms with van der Waals surface area (Å²) in [5, 5.41) is 11.4. The van der Waals surface area contributed by atoms with Crippen LogP contribution in [0.25, 0.3) is 0 Å². The van der Waals surface area contributed by atoms with Gasteiger partial charge in [0.25, 0.3) is 5.91 Å². The zero-order valence-corrected chi connectivity index (χ0v) is 8.86. The average molecular weight is 209 g/mol. The monoisotopic (exact) mass is 209 g/mol. The summed E-state index contributed by atoms with van der Waals surface area (Å²) in [4.78, 5) is 11.6. The fourth-order valence-electron chi connectivity index (χ4n) is 1.10. The van der Waals surface area contributed by atoms with E-state index in [0.29, 0.717) is 11.3 Å². The molecule has 0 radical (unpaired) electrons. The molecule has 0 spiro atoms. The third kappa shape index (κ3) is 3.25. The van der Waals surface area contributed by atoms with Gasteiger partial charge in [0.15, 0.2) is 0 Å². The van der Waals surface area contributed by atoms with Crippen molar-refractivity contribution in [1.29, 1.82) is 0 Å². The van der Waals surface area contributed by atoms with Crippen LogP contribution in [0.5, 0.6) is 5.75 Å². The van der Waals surface area contributed by atoms with Crippen molar-refractivity contribution in [3.05, 3.63) is 29.8 Å². The molecule has 0 aromatic heterocycles. The number of methoxy groups -OCH3 is 1. The van der Waals surface area contributed by atoms with E-state index in [-0.39, 0.29) is 18.6 Å². The Bertz CT molecular complexity index is 321. The highest BCUT2D eigenvalue weighted by atomic mass is 16.5. The summed E-state index contributed by atoms with van der Waals surface area (Å²) in [5.74, 6) is 0.515. The van der Waals surface area contributed by atoms with Crippen LogP contribution < -0.4 is 10.1 Å². The van der Waals surface area contributed by atoms with E-state index in [0.717, 1.165) is 0 Å². The first-order valence-electron chi connectivity index (χ1n) is 4.73. The number of hydrogen-bond acceptors (Lipinski definition) is 3. The Morgan fingerprint density at radius 1 is 1.47 bits per heavy atom. The third-order valence-electron chi connectivity index (χ3n) is 2.00. The van der Waals surface area contributed by atoms with Crippen LogP contribution in [0.3, 0.4) is 0 Å². The van der Waals surface area contributed by atoms with Gasteiger partial charge in [-0.25, -0.2) is 0 Å². The summed E-state index contributed by atoms with van der Waals surface area (Å²) in [5.41, 5.74) is 0.552. The van der Waals surface area contributed by atoms with Crippen LogP contribution in [0.15, 0.2) is 24.3 Å². The molecule has 0 aliphatic heterocycles. The summed E-state index contributed by atoms with van der Waals surface area (Å²) in [6.07, 6.45) is 0. The quantitative estimate of drug-likeness (QED) is 0.771. The molecule has 82 valence electrons. The lowest BCUT2D eigenvalue weighted by Crippen LogP contribution is -2.34. The van der Waals surface area contributed by atoms with Crippen molar-refractivity contribution in [2.24, 2.45) is 0 Å². The lowest BCUT2D eigenvalue weighted by Gasteiger charge is -2.10. The number of carbonyl (C=O) groups is 1. The average Bonchev–Trinajstić information content (AvgIpc) is 2.29. The van der Waals surface area contributed by atoms with E-state index in [9.17, 15) is 4.79 Å². The number of nitrogens with one attached hydrogen (secondary N) is 1. The second kappa shape index (κ2) is 5.36. The van der Waals surface area contributed by atoms with Crippen molar-refractivity contribution in [2.75, 3.05) is 13.7 Å². The Labute approximate surface area is 88.9 Å². The van der Waals surface area contributed by atoms with Crippen LogP contribution in [-0.2, 0) is 0 Å². The molecular formula is C11H15NO3. The number of benzene rings is 1. The van der Waals surface area contributed by atoms with Gasteiger partial charge < -0.3 is 15.2 Å². The van der Waals surface area contributed by atoms with Crippen molar-refractivity contribution >= 4 is 5.91 Å². The van der Waals surface area contributed by atoms with Crippen LogP contribution in [-0.4, -0.2) is 30.8 Å². The van der Waals surface area contributed by atoms with E-state index < -0.39 is 0 Å². The SMILES string of the molecule is COc1ccc(C(=O)N[C@H](C)CO)cc1. The highest BCUT2D eigenvalue weighted by Crippen LogP contribution is 2.11. The van der Waals surface area contributed by atoms with Gasteiger partial charge in [0.1, 0.15) is 5.75 Å². The second-order valence-electron chi connectivity index (χ2n) is 3.29. The maximum Gasteiger partial charge on any atom is 0.251 e. The third-order valence-corrected chi connectivity index (χ3v) is 2.00. The van der Waals surface area contributed by atoms with E-state index in [4.69, 9.17) is 9.84 Å². The highest BCUT2D eigenvalue weighted by molar-refractivity contribution is 5.94. The first-order valence-corrected chi connectivity index (χ1v) is 4.73. The number of aliphatic hydroxyl groups is 1. The van der Waals surface area contributed by atoms with E-state index in [1.54, 1.807) is 38.3 Å². The summed E-state index contributed by atoms with van der Waals surface area (Å²) in [7, 11) is 1.57. The number of hydrogen-bond donors (Lipinski definition) is 2. The van der Waals surface area contributed by atoms with E-state index in [1.165, 1.54) is 0 Å². The van der Waals surface area contributed by atoms with Gasteiger partial charge in [-0.3, -0.25) is 4.79 Å². The molecule has 1 rings (SSSR count). The van der Waals surface area contributed by atoms with Gasteiger partial charge in [0.05, 0.1) is 13.7 Å². The van der Waals surface area contributed by atoms with E-state index in [1.807, 2.05) is 0 Å².